The van der Waals surface area contributed by atoms with Gasteiger partial charge in [0.15, 0.2) is 6.20 Å². The van der Waals surface area contributed by atoms with E-state index in [1.165, 1.54) is 50.2 Å². The maximum absolute atomic E-state index is 2.32. The first-order valence-corrected chi connectivity index (χ1v) is 11.0. The largest absolute Gasteiger partial charge is 0.212 e. The van der Waals surface area contributed by atoms with E-state index in [1.54, 1.807) is 0 Å². The molecule has 0 aliphatic rings. The predicted octanol–water partition coefficient (Wildman–Crippen LogP) is 7.49. The summed E-state index contributed by atoms with van der Waals surface area (Å²) in [5.41, 5.74) is 11.1. The summed E-state index contributed by atoms with van der Waals surface area (Å²) in [6.07, 6.45) is 2.10. The molecule has 0 saturated heterocycles. The standard InChI is InChI=1S/C31H26N/c1-23-16-17-26(22-30(23)31-15-9-10-18-32(31)2)29-20-27(24-11-5-3-6-12-24)19-28(21-29)25-13-7-4-8-14-25/h3-22H,1-2H3/q+1. The summed E-state index contributed by atoms with van der Waals surface area (Å²) < 4.78 is 2.18. The zero-order valence-electron chi connectivity index (χ0n) is 18.5. The summed E-state index contributed by atoms with van der Waals surface area (Å²) in [6, 6.07) is 41.3. The van der Waals surface area contributed by atoms with Gasteiger partial charge in [0.2, 0.25) is 5.69 Å². The quantitative estimate of drug-likeness (QED) is 0.269. The number of aromatic nitrogens is 1. The summed E-state index contributed by atoms with van der Waals surface area (Å²) in [5.74, 6) is 0. The molecular formula is C31H26N+. The second-order valence-electron chi connectivity index (χ2n) is 8.26. The molecule has 0 spiro atoms. The van der Waals surface area contributed by atoms with Crippen LogP contribution in [0.4, 0.5) is 0 Å². The smallest absolute Gasteiger partial charge is 0.201 e. The third-order valence-electron chi connectivity index (χ3n) is 6.05. The lowest BCUT2D eigenvalue weighted by Crippen LogP contribution is -2.30. The van der Waals surface area contributed by atoms with E-state index in [0.29, 0.717) is 0 Å². The molecule has 5 aromatic rings. The van der Waals surface area contributed by atoms with E-state index < -0.39 is 0 Å². The third-order valence-corrected chi connectivity index (χ3v) is 6.05. The van der Waals surface area contributed by atoms with E-state index in [-0.39, 0.29) is 0 Å². The molecule has 1 heteroatoms. The maximum Gasteiger partial charge on any atom is 0.212 e. The van der Waals surface area contributed by atoms with Crippen LogP contribution in [0, 0.1) is 6.92 Å². The molecule has 0 aliphatic heterocycles. The van der Waals surface area contributed by atoms with Crippen LogP contribution in [0.25, 0.3) is 44.6 Å². The van der Waals surface area contributed by atoms with Gasteiger partial charge < -0.3 is 0 Å². The van der Waals surface area contributed by atoms with Gasteiger partial charge in [0.1, 0.15) is 7.05 Å². The van der Waals surface area contributed by atoms with Gasteiger partial charge in [-0.3, -0.25) is 0 Å². The molecule has 0 N–H and O–H groups in total. The van der Waals surface area contributed by atoms with E-state index in [9.17, 15) is 0 Å². The van der Waals surface area contributed by atoms with Crippen LogP contribution in [0.1, 0.15) is 5.56 Å². The molecular weight excluding hydrogens is 386 g/mol. The van der Waals surface area contributed by atoms with Crippen LogP contribution in [-0.2, 0) is 7.05 Å². The number of pyridine rings is 1. The van der Waals surface area contributed by atoms with Crippen LogP contribution in [-0.4, -0.2) is 0 Å². The SMILES string of the molecule is Cc1ccc(-c2cc(-c3ccccc3)cc(-c3ccccc3)c2)cc1-c1cccc[n+]1C. The average molecular weight is 413 g/mol. The van der Waals surface area contributed by atoms with Crippen LogP contribution in [0.15, 0.2) is 121 Å². The summed E-state index contributed by atoms with van der Waals surface area (Å²) in [4.78, 5) is 0. The van der Waals surface area contributed by atoms with Gasteiger partial charge in [-0.2, -0.15) is 0 Å². The zero-order valence-corrected chi connectivity index (χ0v) is 18.5. The van der Waals surface area contributed by atoms with Crippen LogP contribution in [0.5, 0.6) is 0 Å². The lowest BCUT2D eigenvalue weighted by Gasteiger charge is -2.13. The minimum Gasteiger partial charge on any atom is -0.201 e. The fraction of sp³-hybridized carbons (Fsp3) is 0.0645. The van der Waals surface area contributed by atoms with E-state index in [2.05, 4.69) is 140 Å². The fourth-order valence-corrected chi connectivity index (χ4v) is 4.27. The molecule has 1 aromatic heterocycles. The van der Waals surface area contributed by atoms with Gasteiger partial charge in [-0.25, -0.2) is 4.57 Å². The second kappa shape index (κ2) is 8.64. The number of nitrogens with zero attached hydrogens (tertiary/aromatic N) is 1. The first-order chi connectivity index (χ1) is 15.7. The first-order valence-electron chi connectivity index (χ1n) is 11.0. The van der Waals surface area contributed by atoms with Crippen molar-refractivity contribution < 1.29 is 4.57 Å². The minimum absolute atomic E-state index is 1.22. The maximum atomic E-state index is 2.32. The summed E-state index contributed by atoms with van der Waals surface area (Å²) in [6.45, 7) is 2.18. The average Bonchev–Trinajstić information content (AvgIpc) is 2.86. The number of hydrogen-bond acceptors (Lipinski definition) is 0. The highest BCUT2D eigenvalue weighted by molar-refractivity contribution is 5.82. The normalized spacial score (nSPS) is 10.8. The number of hydrogen-bond donors (Lipinski definition) is 0. The molecule has 5 rings (SSSR count). The Morgan fingerprint density at radius 2 is 1.00 bits per heavy atom. The lowest BCUT2D eigenvalue weighted by molar-refractivity contribution is -0.660. The number of rotatable bonds is 4. The molecule has 0 radical (unpaired) electrons. The Morgan fingerprint density at radius 3 is 1.56 bits per heavy atom. The summed E-state index contributed by atoms with van der Waals surface area (Å²) in [5, 5.41) is 0. The number of benzene rings is 4. The van der Waals surface area contributed by atoms with Crippen molar-refractivity contribution in [3.8, 4) is 44.6 Å². The second-order valence-corrected chi connectivity index (χ2v) is 8.26. The Morgan fingerprint density at radius 1 is 0.469 bits per heavy atom. The van der Waals surface area contributed by atoms with Crippen molar-refractivity contribution in [2.75, 3.05) is 0 Å². The van der Waals surface area contributed by atoms with Gasteiger partial charge in [-0.1, -0.05) is 72.8 Å². The lowest BCUT2D eigenvalue weighted by atomic mass is 9.91. The van der Waals surface area contributed by atoms with Gasteiger partial charge in [0, 0.05) is 17.7 Å². The van der Waals surface area contributed by atoms with Crippen molar-refractivity contribution in [1.29, 1.82) is 0 Å². The van der Waals surface area contributed by atoms with Crippen molar-refractivity contribution in [2.45, 2.75) is 6.92 Å². The van der Waals surface area contributed by atoms with E-state index >= 15 is 0 Å². The highest BCUT2D eigenvalue weighted by Crippen LogP contribution is 2.34. The fourth-order valence-electron chi connectivity index (χ4n) is 4.27. The Kier molecular flexibility index (Phi) is 5.39. The van der Waals surface area contributed by atoms with Gasteiger partial charge in [-0.15, -0.1) is 0 Å². The molecule has 32 heavy (non-hydrogen) atoms. The van der Waals surface area contributed by atoms with Gasteiger partial charge >= 0.3 is 0 Å². The topological polar surface area (TPSA) is 3.88 Å². The molecule has 0 amide bonds. The Hall–Kier alpha value is -3.97. The molecule has 0 saturated carbocycles. The monoisotopic (exact) mass is 412 g/mol. The van der Waals surface area contributed by atoms with Gasteiger partial charge in [0.05, 0.1) is 0 Å². The van der Waals surface area contributed by atoms with Crippen molar-refractivity contribution in [2.24, 2.45) is 7.05 Å². The van der Waals surface area contributed by atoms with Crippen LogP contribution < -0.4 is 4.57 Å². The molecule has 0 unspecified atom stereocenters. The highest BCUT2D eigenvalue weighted by atomic mass is 14.9. The van der Waals surface area contributed by atoms with Gasteiger partial charge in [-0.05, 0) is 76.2 Å². The molecule has 154 valence electrons. The Labute approximate surface area is 190 Å². The van der Waals surface area contributed by atoms with Crippen molar-refractivity contribution in [3.63, 3.8) is 0 Å². The van der Waals surface area contributed by atoms with E-state index in [4.69, 9.17) is 0 Å². The summed E-state index contributed by atoms with van der Waals surface area (Å²) >= 11 is 0. The van der Waals surface area contributed by atoms with Crippen molar-refractivity contribution in [3.05, 3.63) is 127 Å². The molecule has 4 aromatic carbocycles. The zero-order chi connectivity index (χ0) is 21.9. The van der Waals surface area contributed by atoms with Crippen LogP contribution in [0.2, 0.25) is 0 Å². The molecule has 1 heterocycles. The predicted molar refractivity (Wildman–Crippen MR) is 134 cm³/mol. The molecule has 0 aliphatic carbocycles. The molecule has 0 fully saturated rings. The Balaban J connectivity index is 1.70. The van der Waals surface area contributed by atoms with Crippen LogP contribution >= 0.6 is 0 Å². The molecule has 0 atom stereocenters. The third kappa shape index (κ3) is 3.98. The van der Waals surface area contributed by atoms with Gasteiger partial charge in [0.25, 0.3) is 0 Å². The highest BCUT2D eigenvalue weighted by Gasteiger charge is 2.14. The molecule has 1 nitrogen and oxygen atoms in total. The molecule has 0 bridgehead atoms. The van der Waals surface area contributed by atoms with Crippen molar-refractivity contribution in [1.82, 2.24) is 0 Å². The van der Waals surface area contributed by atoms with Crippen LogP contribution in [0.3, 0.4) is 0 Å². The minimum atomic E-state index is 1.22. The summed E-state index contributed by atoms with van der Waals surface area (Å²) in [7, 11) is 2.10. The Bertz CT molecular complexity index is 1310. The first kappa shape index (κ1) is 20.0. The number of aryl methyl sites for hydroxylation is 2. The van der Waals surface area contributed by atoms with E-state index in [1.807, 2.05) is 0 Å². The van der Waals surface area contributed by atoms with Crippen molar-refractivity contribution >= 4 is 0 Å². The van der Waals surface area contributed by atoms with E-state index in [0.717, 1.165) is 0 Å².